The smallest absolute Gasteiger partial charge is 0.0463 e. The van der Waals surface area contributed by atoms with Gasteiger partial charge in [0.2, 0.25) is 0 Å². The number of hydrogen-bond acceptors (Lipinski definition) is 2. The predicted molar refractivity (Wildman–Crippen MR) is 69.8 cm³/mol. The lowest BCUT2D eigenvalue weighted by molar-refractivity contribution is 0.302. The van der Waals surface area contributed by atoms with Crippen molar-refractivity contribution in [2.45, 2.75) is 39.5 Å². The molecule has 0 heterocycles. The van der Waals surface area contributed by atoms with Crippen molar-refractivity contribution in [3.05, 3.63) is 0 Å². The molecule has 0 aliphatic rings. The van der Waals surface area contributed by atoms with Crippen LogP contribution in [0.25, 0.3) is 0 Å². The van der Waals surface area contributed by atoms with Gasteiger partial charge in [-0.15, -0.1) is 11.6 Å². The first-order valence-corrected chi connectivity index (χ1v) is 6.60. The quantitative estimate of drug-likeness (QED) is 0.487. The van der Waals surface area contributed by atoms with E-state index in [1.54, 1.807) is 0 Å². The maximum atomic E-state index is 6.18. The average molecular weight is 235 g/mol. The van der Waals surface area contributed by atoms with E-state index in [1.165, 1.54) is 0 Å². The van der Waals surface area contributed by atoms with Crippen molar-refractivity contribution in [1.29, 1.82) is 0 Å². The Morgan fingerprint density at radius 1 is 1.20 bits per heavy atom. The van der Waals surface area contributed by atoms with Crippen molar-refractivity contribution in [1.82, 2.24) is 10.2 Å². The second-order valence-corrected chi connectivity index (χ2v) is 5.08. The highest BCUT2D eigenvalue weighted by Crippen LogP contribution is 2.09. The number of nitrogens with zero attached hydrogens (tertiary/aromatic N) is 1. The Morgan fingerprint density at radius 3 is 2.27 bits per heavy atom. The molecule has 0 rings (SSSR count). The molecule has 15 heavy (non-hydrogen) atoms. The zero-order chi connectivity index (χ0) is 11.7. The zero-order valence-electron chi connectivity index (χ0n) is 10.7. The summed E-state index contributed by atoms with van der Waals surface area (Å²) in [5, 5.41) is 3.70. The Kier molecular flexibility index (Phi) is 9.57. The number of halogens is 1. The molecule has 0 aliphatic heterocycles. The fourth-order valence-electron chi connectivity index (χ4n) is 1.63. The van der Waals surface area contributed by atoms with Gasteiger partial charge < -0.3 is 10.2 Å². The summed E-state index contributed by atoms with van der Waals surface area (Å²) in [6, 6.07) is 0. The first-order valence-electron chi connectivity index (χ1n) is 6.17. The molecule has 1 atom stereocenters. The first kappa shape index (κ1) is 15.2. The van der Waals surface area contributed by atoms with Crippen molar-refractivity contribution >= 4 is 11.6 Å². The standard InChI is InChI=1S/C12H27ClN2/c1-5-15(6-2)8-7-14-10-12(13)9-11(3)4/h11-12,14H,5-10H2,1-4H3. The molecule has 0 saturated heterocycles. The minimum absolute atomic E-state index is 0.279. The molecule has 0 amide bonds. The van der Waals surface area contributed by atoms with Crippen LogP contribution in [0.15, 0.2) is 0 Å². The van der Waals surface area contributed by atoms with Crippen LogP contribution >= 0.6 is 11.6 Å². The number of nitrogens with one attached hydrogen (secondary N) is 1. The third-order valence-corrected chi connectivity index (χ3v) is 2.92. The van der Waals surface area contributed by atoms with Crippen LogP contribution in [0, 0.1) is 5.92 Å². The maximum Gasteiger partial charge on any atom is 0.0463 e. The molecule has 1 unspecified atom stereocenters. The van der Waals surface area contributed by atoms with E-state index >= 15 is 0 Å². The minimum atomic E-state index is 0.279. The Labute approximate surface area is 100 Å². The van der Waals surface area contributed by atoms with Gasteiger partial charge in [0, 0.05) is 25.0 Å². The van der Waals surface area contributed by atoms with E-state index in [2.05, 4.69) is 37.9 Å². The summed E-state index contributed by atoms with van der Waals surface area (Å²) in [4.78, 5) is 2.42. The van der Waals surface area contributed by atoms with Crippen LogP contribution in [-0.2, 0) is 0 Å². The minimum Gasteiger partial charge on any atom is -0.314 e. The molecule has 0 fully saturated rings. The number of alkyl halides is 1. The van der Waals surface area contributed by atoms with Crippen LogP contribution in [0.1, 0.15) is 34.1 Å². The highest BCUT2D eigenvalue weighted by Gasteiger charge is 2.06. The summed E-state index contributed by atoms with van der Waals surface area (Å²) < 4.78 is 0. The van der Waals surface area contributed by atoms with Gasteiger partial charge in [-0.3, -0.25) is 0 Å². The topological polar surface area (TPSA) is 15.3 Å². The third kappa shape index (κ3) is 9.16. The summed E-state index contributed by atoms with van der Waals surface area (Å²) in [7, 11) is 0. The Balaban J connectivity index is 3.37. The second kappa shape index (κ2) is 9.44. The van der Waals surface area contributed by atoms with Gasteiger partial charge in [0.1, 0.15) is 0 Å². The van der Waals surface area contributed by atoms with Gasteiger partial charge in [-0.25, -0.2) is 0 Å². The largest absolute Gasteiger partial charge is 0.314 e. The molecule has 0 saturated carbocycles. The number of hydrogen-bond donors (Lipinski definition) is 1. The Bertz CT molecular complexity index is 136. The molecule has 0 aromatic rings. The van der Waals surface area contributed by atoms with Gasteiger partial charge >= 0.3 is 0 Å². The van der Waals surface area contributed by atoms with Crippen molar-refractivity contribution in [3.8, 4) is 0 Å². The summed E-state index contributed by atoms with van der Waals surface area (Å²) >= 11 is 6.18. The van der Waals surface area contributed by atoms with Gasteiger partial charge in [-0.2, -0.15) is 0 Å². The second-order valence-electron chi connectivity index (χ2n) is 4.46. The molecule has 0 bridgehead atoms. The summed E-state index contributed by atoms with van der Waals surface area (Å²) in [6.07, 6.45) is 1.10. The van der Waals surface area contributed by atoms with E-state index in [4.69, 9.17) is 11.6 Å². The highest BCUT2D eigenvalue weighted by molar-refractivity contribution is 6.20. The lowest BCUT2D eigenvalue weighted by Crippen LogP contribution is -2.34. The normalized spacial score (nSPS) is 13.8. The van der Waals surface area contributed by atoms with Crippen molar-refractivity contribution in [2.24, 2.45) is 5.92 Å². The van der Waals surface area contributed by atoms with Crippen LogP contribution < -0.4 is 5.32 Å². The van der Waals surface area contributed by atoms with Crippen molar-refractivity contribution in [3.63, 3.8) is 0 Å². The summed E-state index contributed by atoms with van der Waals surface area (Å²) in [5.41, 5.74) is 0. The first-order chi connectivity index (χ1) is 7.10. The lowest BCUT2D eigenvalue weighted by Gasteiger charge is -2.19. The van der Waals surface area contributed by atoms with Gasteiger partial charge in [0.15, 0.2) is 0 Å². The highest BCUT2D eigenvalue weighted by atomic mass is 35.5. The molecule has 92 valence electrons. The fourth-order valence-corrected chi connectivity index (χ4v) is 2.10. The molecule has 1 N–H and O–H groups in total. The maximum absolute atomic E-state index is 6.18. The molecule has 0 aromatic carbocycles. The van der Waals surface area contributed by atoms with Crippen molar-refractivity contribution in [2.75, 3.05) is 32.7 Å². The fraction of sp³-hybridized carbons (Fsp3) is 1.00. The lowest BCUT2D eigenvalue weighted by atomic mass is 10.1. The summed E-state index contributed by atoms with van der Waals surface area (Å²) in [5.74, 6) is 0.692. The number of rotatable bonds is 9. The van der Waals surface area contributed by atoms with Crippen LogP contribution in [0.3, 0.4) is 0 Å². The molecule has 0 aliphatic carbocycles. The Hall–Kier alpha value is 0.210. The van der Waals surface area contributed by atoms with E-state index < -0.39 is 0 Å². The molecule has 0 spiro atoms. The molecular formula is C12H27ClN2. The van der Waals surface area contributed by atoms with Crippen LogP contribution in [0.2, 0.25) is 0 Å². The van der Waals surface area contributed by atoms with E-state index in [0.717, 1.165) is 39.1 Å². The molecule has 0 radical (unpaired) electrons. The zero-order valence-corrected chi connectivity index (χ0v) is 11.5. The third-order valence-electron chi connectivity index (χ3n) is 2.59. The van der Waals surface area contributed by atoms with E-state index in [0.29, 0.717) is 5.92 Å². The van der Waals surface area contributed by atoms with E-state index in [9.17, 15) is 0 Å². The van der Waals surface area contributed by atoms with Gasteiger partial charge in [0.25, 0.3) is 0 Å². The SMILES string of the molecule is CCN(CC)CCNCC(Cl)CC(C)C. The van der Waals surface area contributed by atoms with E-state index in [1.807, 2.05) is 0 Å². The molecule has 0 aromatic heterocycles. The summed E-state index contributed by atoms with van der Waals surface area (Å²) in [6.45, 7) is 14.2. The van der Waals surface area contributed by atoms with Gasteiger partial charge in [-0.05, 0) is 25.4 Å². The van der Waals surface area contributed by atoms with Gasteiger partial charge in [-0.1, -0.05) is 27.7 Å². The molecule has 3 heteroatoms. The van der Waals surface area contributed by atoms with Crippen molar-refractivity contribution < 1.29 is 0 Å². The van der Waals surface area contributed by atoms with Crippen LogP contribution in [-0.4, -0.2) is 43.0 Å². The van der Waals surface area contributed by atoms with E-state index in [-0.39, 0.29) is 5.38 Å². The molecular weight excluding hydrogens is 208 g/mol. The van der Waals surface area contributed by atoms with Gasteiger partial charge in [0.05, 0.1) is 0 Å². The van der Waals surface area contributed by atoms with Crippen LogP contribution in [0.4, 0.5) is 0 Å². The monoisotopic (exact) mass is 234 g/mol. The van der Waals surface area contributed by atoms with Crippen LogP contribution in [0.5, 0.6) is 0 Å². The molecule has 2 nitrogen and oxygen atoms in total. The number of likely N-dealkylation sites (N-methyl/N-ethyl adjacent to an activating group) is 1. The Morgan fingerprint density at radius 2 is 1.80 bits per heavy atom. The average Bonchev–Trinajstić information content (AvgIpc) is 2.17. The predicted octanol–water partition coefficient (Wildman–Crippen LogP) is 2.57.